The first-order valence-corrected chi connectivity index (χ1v) is 15.9. The maximum Gasteiger partial charge on any atom is 0.335 e. The number of carbonyl (C=O) groups is 5. The minimum absolute atomic E-state index is 0.0140. The van der Waals surface area contributed by atoms with Crippen LogP contribution in [0.15, 0.2) is 30.4 Å². The van der Waals surface area contributed by atoms with Crippen LogP contribution in [0.25, 0.3) is 0 Å². The number of carboxylic acids is 1. The molecule has 3 amide bonds. The van der Waals surface area contributed by atoms with E-state index in [0.717, 1.165) is 10.5 Å². The van der Waals surface area contributed by atoms with E-state index in [0.29, 0.717) is 51.4 Å². The first-order chi connectivity index (χ1) is 23.5. The number of hydrogen-bond donors (Lipinski definition) is 5. The summed E-state index contributed by atoms with van der Waals surface area (Å²) < 4.78 is 32.6. The van der Waals surface area contributed by atoms with Gasteiger partial charge in [-0.2, -0.15) is 0 Å². The van der Waals surface area contributed by atoms with Crippen LogP contribution in [-0.4, -0.2) is 138 Å². The van der Waals surface area contributed by atoms with Crippen LogP contribution in [0.2, 0.25) is 0 Å². The van der Waals surface area contributed by atoms with Gasteiger partial charge in [0, 0.05) is 50.3 Å². The van der Waals surface area contributed by atoms with Crippen molar-refractivity contribution in [1.82, 2.24) is 10.2 Å². The second-order valence-corrected chi connectivity index (χ2v) is 11.0. The number of carbonyl (C=O) groups excluding carboxylic acids is 4. The molecule has 3 rings (SSSR count). The molecule has 5 N–H and O–H groups in total. The Hall–Kier alpha value is -3.97. The average Bonchev–Trinajstić information content (AvgIpc) is 3.41. The first-order valence-electron chi connectivity index (χ1n) is 15.9. The maximum atomic E-state index is 11.8. The van der Waals surface area contributed by atoms with Gasteiger partial charge in [-0.3, -0.25) is 24.1 Å². The summed E-state index contributed by atoms with van der Waals surface area (Å²) in [4.78, 5) is 59.0. The zero-order valence-corrected chi connectivity index (χ0v) is 27.2. The van der Waals surface area contributed by atoms with Crippen LogP contribution >= 0.6 is 0 Å². The first kappa shape index (κ1) is 39.5. The van der Waals surface area contributed by atoms with Crippen molar-refractivity contribution in [3.63, 3.8) is 0 Å². The minimum atomic E-state index is -1.86. The number of aliphatic carboxylic acids is 1. The zero-order valence-electron chi connectivity index (χ0n) is 27.2. The zero-order chi connectivity index (χ0) is 35.8. The number of nitrogens with one attached hydrogen (secondary N) is 1. The average molecular weight is 697 g/mol. The van der Waals surface area contributed by atoms with Gasteiger partial charge in [0.15, 0.2) is 6.10 Å². The van der Waals surface area contributed by atoms with E-state index in [1.165, 1.54) is 12.2 Å². The SMILES string of the molecule is CCC(=O)OCc1cc(CCCOCCOCCOCCNC(=O)CCN2C(=O)C=CC2=O)ccc1O[C@@H]1O[C@H](C(=O)O)[C@@H](O)C(O)C1O. The highest BCUT2D eigenvalue weighted by Gasteiger charge is 2.48. The van der Waals surface area contributed by atoms with Gasteiger partial charge in [0.1, 0.15) is 30.7 Å². The quantitative estimate of drug-likeness (QED) is 0.0545. The Morgan fingerprint density at radius 2 is 1.55 bits per heavy atom. The number of aryl methyl sites for hydroxylation is 1. The molecule has 0 bridgehead atoms. The van der Waals surface area contributed by atoms with E-state index in [2.05, 4.69) is 5.32 Å². The molecule has 2 heterocycles. The van der Waals surface area contributed by atoms with Gasteiger partial charge in [-0.1, -0.05) is 13.0 Å². The van der Waals surface area contributed by atoms with E-state index >= 15 is 0 Å². The fourth-order valence-electron chi connectivity index (χ4n) is 4.69. The number of ether oxygens (including phenoxy) is 6. The molecule has 1 aromatic rings. The Morgan fingerprint density at radius 1 is 0.898 bits per heavy atom. The Bertz CT molecular complexity index is 1290. The van der Waals surface area contributed by atoms with E-state index < -0.39 is 54.5 Å². The van der Waals surface area contributed by atoms with Crippen molar-refractivity contribution in [2.45, 2.75) is 69.9 Å². The van der Waals surface area contributed by atoms with Gasteiger partial charge in [0.2, 0.25) is 12.2 Å². The molecule has 17 nitrogen and oxygen atoms in total. The molecule has 0 saturated carbocycles. The number of nitrogens with zero attached hydrogens (tertiary/aromatic N) is 1. The topological polar surface area (TPSA) is 237 Å². The third-order valence-electron chi connectivity index (χ3n) is 7.39. The highest BCUT2D eigenvalue weighted by molar-refractivity contribution is 6.13. The number of carboxylic acid groups (broad SMARTS) is 1. The molecular formula is C32H44N2O15. The predicted octanol–water partition coefficient (Wildman–Crippen LogP) is -1.18. The molecule has 1 aromatic carbocycles. The summed E-state index contributed by atoms with van der Waals surface area (Å²) in [7, 11) is 0. The third kappa shape index (κ3) is 12.8. The number of benzene rings is 1. The second kappa shape index (κ2) is 20.5. The van der Waals surface area contributed by atoms with Crippen LogP contribution in [0, 0.1) is 0 Å². The van der Waals surface area contributed by atoms with Crippen LogP contribution in [0.5, 0.6) is 5.75 Å². The van der Waals surface area contributed by atoms with E-state index in [9.17, 15) is 44.4 Å². The Balaban J connectivity index is 1.29. The molecular weight excluding hydrogens is 652 g/mol. The molecule has 5 atom stereocenters. The van der Waals surface area contributed by atoms with Gasteiger partial charge in [-0.25, -0.2) is 4.79 Å². The van der Waals surface area contributed by atoms with E-state index in [1.807, 2.05) is 0 Å². The summed E-state index contributed by atoms with van der Waals surface area (Å²) in [5.74, 6) is -3.00. The smallest absolute Gasteiger partial charge is 0.335 e. The van der Waals surface area contributed by atoms with Crippen LogP contribution in [0.1, 0.15) is 37.3 Å². The van der Waals surface area contributed by atoms with Crippen LogP contribution in [0.3, 0.4) is 0 Å². The van der Waals surface area contributed by atoms with Crippen molar-refractivity contribution < 1.29 is 72.8 Å². The van der Waals surface area contributed by atoms with Crippen molar-refractivity contribution in [3.05, 3.63) is 41.5 Å². The third-order valence-corrected chi connectivity index (χ3v) is 7.39. The van der Waals surface area contributed by atoms with Crippen LogP contribution < -0.4 is 10.1 Å². The summed E-state index contributed by atoms with van der Waals surface area (Å²) in [5, 5.41) is 42.3. The summed E-state index contributed by atoms with van der Waals surface area (Å²) in [5.41, 5.74) is 1.29. The van der Waals surface area contributed by atoms with Crippen molar-refractivity contribution >= 4 is 29.7 Å². The molecule has 49 heavy (non-hydrogen) atoms. The van der Waals surface area contributed by atoms with Gasteiger partial charge >= 0.3 is 11.9 Å². The molecule has 0 aromatic heterocycles. The fourth-order valence-corrected chi connectivity index (χ4v) is 4.69. The van der Waals surface area contributed by atoms with E-state index in [4.69, 9.17) is 28.4 Å². The van der Waals surface area contributed by atoms with E-state index in [1.54, 1.807) is 25.1 Å². The largest absolute Gasteiger partial charge is 0.479 e. The van der Waals surface area contributed by atoms with Gasteiger partial charge in [-0.15, -0.1) is 0 Å². The van der Waals surface area contributed by atoms with Gasteiger partial charge in [0.25, 0.3) is 11.8 Å². The summed E-state index contributed by atoms with van der Waals surface area (Å²) in [6.07, 6.45) is -5.12. The molecule has 272 valence electrons. The molecule has 1 fully saturated rings. The molecule has 0 spiro atoms. The standard InChI is InChI=1S/C32H44N2O15/c1-2-26(38)47-19-21-18-20(5-6-22(21)48-32-29(41)27(39)28(40)30(49-32)31(42)43)4-3-12-44-14-16-46-17-15-45-13-10-33-23(35)9-11-34-24(36)7-8-25(34)37/h5-8,18,27-30,32,39-41H,2-4,9-17,19H2,1H3,(H,33,35)(H,42,43)/t27?,28-,29?,30-,32+/m0/s1. The van der Waals surface area contributed by atoms with Gasteiger partial charge < -0.3 is 54.2 Å². The maximum absolute atomic E-state index is 11.8. The molecule has 2 aliphatic heterocycles. The Kier molecular flexibility index (Phi) is 16.5. The van der Waals surface area contributed by atoms with Crippen molar-refractivity contribution in [1.29, 1.82) is 0 Å². The molecule has 0 aliphatic carbocycles. The van der Waals surface area contributed by atoms with Crippen molar-refractivity contribution in [2.75, 3.05) is 52.7 Å². The number of rotatable bonds is 22. The molecule has 17 heteroatoms. The number of imide groups is 1. The Morgan fingerprint density at radius 3 is 2.20 bits per heavy atom. The molecule has 0 radical (unpaired) electrons. The lowest BCUT2D eigenvalue weighted by Gasteiger charge is -2.38. The molecule has 2 unspecified atom stereocenters. The van der Waals surface area contributed by atoms with Crippen molar-refractivity contribution in [2.24, 2.45) is 0 Å². The molecule has 1 saturated heterocycles. The second-order valence-electron chi connectivity index (χ2n) is 11.0. The highest BCUT2D eigenvalue weighted by Crippen LogP contribution is 2.28. The predicted molar refractivity (Wildman–Crippen MR) is 166 cm³/mol. The van der Waals surface area contributed by atoms with Crippen LogP contribution in [0.4, 0.5) is 0 Å². The van der Waals surface area contributed by atoms with Gasteiger partial charge in [0.05, 0.1) is 33.0 Å². The lowest BCUT2D eigenvalue weighted by molar-refractivity contribution is -0.271. The number of esters is 1. The van der Waals surface area contributed by atoms with Gasteiger partial charge in [-0.05, 0) is 30.5 Å². The summed E-state index contributed by atoms with van der Waals surface area (Å²) in [6, 6.07) is 5.03. The number of aliphatic hydroxyl groups excluding tert-OH is 3. The lowest BCUT2D eigenvalue weighted by atomic mass is 9.99. The minimum Gasteiger partial charge on any atom is -0.479 e. The lowest BCUT2D eigenvalue weighted by Crippen LogP contribution is -2.61. The number of amides is 3. The monoisotopic (exact) mass is 696 g/mol. The van der Waals surface area contributed by atoms with Crippen LogP contribution in [-0.2, 0) is 60.7 Å². The normalized spacial score (nSPS) is 22.0. The summed E-state index contributed by atoms with van der Waals surface area (Å²) in [6.45, 7) is 3.87. The highest BCUT2D eigenvalue weighted by atomic mass is 16.7. The number of hydrogen-bond acceptors (Lipinski definition) is 14. The molecule has 2 aliphatic rings. The summed E-state index contributed by atoms with van der Waals surface area (Å²) >= 11 is 0. The van der Waals surface area contributed by atoms with E-state index in [-0.39, 0.29) is 50.8 Å². The Labute approximate surface area is 282 Å². The number of aliphatic hydroxyl groups is 3. The van der Waals surface area contributed by atoms with Crippen molar-refractivity contribution in [3.8, 4) is 5.75 Å². The fraction of sp³-hybridized carbons (Fsp3) is 0.594.